The van der Waals surface area contributed by atoms with Crippen LogP contribution in [-0.2, 0) is 10.7 Å². The van der Waals surface area contributed by atoms with Crippen LogP contribution >= 0.6 is 0 Å². The summed E-state index contributed by atoms with van der Waals surface area (Å²) in [4.78, 5) is 12.4. The second-order valence-corrected chi connectivity index (χ2v) is 5.10. The van der Waals surface area contributed by atoms with Crippen LogP contribution in [0.4, 0.5) is 13.2 Å². The molecule has 20 heavy (non-hydrogen) atoms. The molecule has 0 atom stereocenters. The molecule has 0 aliphatic carbocycles. The fourth-order valence-corrected chi connectivity index (χ4v) is 2.40. The molecule has 1 N–H and O–H groups in total. The lowest BCUT2D eigenvalue weighted by Gasteiger charge is -2.32. The van der Waals surface area contributed by atoms with Crippen molar-refractivity contribution in [3.63, 3.8) is 0 Å². The number of likely N-dealkylation sites (tertiary alicyclic amines) is 1. The number of rotatable bonds is 4. The average molecular weight is 287 g/mol. The van der Waals surface area contributed by atoms with Crippen LogP contribution in [0.25, 0.3) is 0 Å². The zero-order valence-electron chi connectivity index (χ0n) is 10.9. The predicted molar refractivity (Wildman–Crippen MR) is 67.1 cm³/mol. The van der Waals surface area contributed by atoms with E-state index in [1.165, 1.54) is 0 Å². The second-order valence-electron chi connectivity index (χ2n) is 5.10. The lowest BCUT2D eigenvalue weighted by molar-refractivity contribution is -0.143. The maximum absolute atomic E-state index is 14.0. The molecule has 1 aliphatic heterocycles. The number of hydrogen-bond acceptors (Lipinski definition) is 2. The third kappa shape index (κ3) is 3.50. The Morgan fingerprint density at radius 1 is 1.25 bits per heavy atom. The Kier molecular flexibility index (Phi) is 4.32. The number of aliphatic carboxylic acids is 1. The molecule has 6 heteroatoms. The smallest absolute Gasteiger partial charge is 0.306 e. The van der Waals surface area contributed by atoms with Gasteiger partial charge in [0.15, 0.2) is 0 Å². The molecule has 0 radical (unpaired) electrons. The van der Waals surface area contributed by atoms with Crippen LogP contribution in [0.2, 0.25) is 0 Å². The molecular weight excluding hydrogens is 271 g/mol. The van der Waals surface area contributed by atoms with Crippen LogP contribution in [0.1, 0.15) is 18.4 Å². The highest BCUT2D eigenvalue weighted by Crippen LogP contribution is 2.30. The molecule has 1 aromatic carbocycles. The standard InChI is InChI=1S/C14H16F3NO2/c15-12-3-1-11(2-4-12)14(16,17)9-18-7-5-10(6-8-18)13(19)20/h1-4,10H,5-9H2,(H,19,20). The van der Waals surface area contributed by atoms with Gasteiger partial charge in [0.1, 0.15) is 5.82 Å². The van der Waals surface area contributed by atoms with Gasteiger partial charge < -0.3 is 5.11 Å². The second kappa shape index (κ2) is 5.83. The van der Waals surface area contributed by atoms with Crippen LogP contribution in [0, 0.1) is 11.7 Å². The Morgan fingerprint density at radius 3 is 2.30 bits per heavy atom. The number of carboxylic acid groups (broad SMARTS) is 1. The van der Waals surface area contributed by atoms with Crippen LogP contribution in [0.5, 0.6) is 0 Å². The summed E-state index contributed by atoms with van der Waals surface area (Å²) in [7, 11) is 0. The molecule has 1 fully saturated rings. The maximum atomic E-state index is 14.0. The SMILES string of the molecule is O=C(O)C1CCN(CC(F)(F)c2ccc(F)cc2)CC1. The largest absolute Gasteiger partial charge is 0.481 e. The number of piperidine rings is 1. The lowest BCUT2D eigenvalue weighted by Crippen LogP contribution is -2.42. The lowest BCUT2D eigenvalue weighted by atomic mass is 9.96. The molecule has 110 valence electrons. The van der Waals surface area contributed by atoms with E-state index in [9.17, 15) is 18.0 Å². The summed E-state index contributed by atoms with van der Waals surface area (Å²) in [5.74, 6) is -4.92. The van der Waals surface area contributed by atoms with E-state index >= 15 is 0 Å². The number of benzene rings is 1. The van der Waals surface area contributed by atoms with Crippen LogP contribution in [0.15, 0.2) is 24.3 Å². The molecule has 0 bridgehead atoms. The summed E-state index contributed by atoms with van der Waals surface area (Å²) in [5.41, 5.74) is -0.223. The Balaban J connectivity index is 1.95. The highest BCUT2D eigenvalue weighted by atomic mass is 19.3. The number of alkyl halides is 2. The molecule has 1 aromatic rings. The minimum Gasteiger partial charge on any atom is -0.481 e. The number of halogens is 3. The van der Waals surface area contributed by atoms with E-state index in [4.69, 9.17) is 5.11 Å². The average Bonchev–Trinajstić information content (AvgIpc) is 2.39. The number of carbonyl (C=O) groups is 1. The van der Waals surface area contributed by atoms with Gasteiger partial charge >= 0.3 is 5.97 Å². The van der Waals surface area contributed by atoms with Crippen molar-refractivity contribution in [1.82, 2.24) is 4.90 Å². The minimum atomic E-state index is -3.07. The van der Waals surface area contributed by atoms with Crippen molar-refractivity contribution in [2.75, 3.05) is 19.6 Å². The first-order valence-electron chi connectivity index (χ1n) is 6.47. The highest BCUT2D eigenvalue weighted by molar-refractivity contribution is 5.70. The van der Waals surface area contributed by atoms with E-state index in [1.807, 2.05) is 0 Å². The van der Waals surface area contributed by atoms with Crippen molar-refractivity contribution in [3.05, 3.63) is 35.6 Å². The van der Waals surface area contributed by atoms with Gasteiger partial charge in [-0.05, 0) is 38.1 Å². The molecule has 2 rings (SSSR count). The van der Waals surface area contributed by atoms with Crippen molar-refractivity contribution < 1.29 is 23.1 Å². The molecule has 1 saturated heterocycles. The van der Waals surface area contributed by atoms with Crippen LogP contribution in [-0.4, -0.2) is 35.6 Å². The van der Waals surface area contributed by atoms with Crippen molar-refractivity contribution in [2.24, 2.45) is 5.92 Å². The van der Waals surface area contributed by atoms with Crippen molar-refractivity contribution in [2.45, 2.75) is 18.8 Å². The van der Waals surface area contributed by atoms with Crippen molar-refractivity contribution >= 4 is 5.97 Å². The first-order chi connectivity index (χ1) is 9.38. The Hall–Kier alpha value is -1.56. The fraction of sp³-hybridized carbons (Fsp3) is 0.500. The number of hydrogen-bond donors (Lipinski definition) is 1. The van der Waals surface area contributed by atoms with Gasteiger partial charge in [0.2, 0.25) is 0 Å². The molecule has 0 unspecified atom stereocenters. The molecule has 0 amide bonds. The van der Waals surface area contributed by atoms with Gasteiger partial charge in [-0.15, -0.1) is 0 Å². The minimum absolute atomic E-state index is 0.223. The van der Waals surface area contributed by atoms with Gasteiger partial charge in [0.05, 0.1) is 12.5 Å². The summed E-state index contributed by atoms with van der Waals surface area (Å²) < 4.78 is 40.8. The normalized spacial score (nSPS) is 18.1. The molecule has 3 nitrogen and oxygen atoms in total. The summed E-state index contributed by atoms with van der Waals surface area (Å²) >= 11 is 0. The third-order valence-electron chi connectivity index (χ3n) is 3.63. The molecule has 0 saturated carbocycles. The quantitative estimate of drug-likeness (QED) is 0.925. The molecule has 1 aliphatic rings. The van der Waals surface area contributed by atoms with E-state index in [1.54, 1.807) is 4.90 Å². The number of nitrogens with zero attached hydrogens (tertiary/aromatic N) is 1. The van der Waals surface area contributed by atoms with Gasteiger partial charge in [0.25, 0.3) is 5.92 Å². The Morgan fingerprint density at radius 2 is 1.80 bits per heavy atom. The highest BCUT2D eigenvalue weighted by Gasteiger charge is 2.36. The van der Waals surface area contributed by atoms with E-state index in [2.05, 4.69) is 0 Å². The Bertz CT molecular complexity index is 468. The summed E-state index contributed by atoms with van der Waals surface area (Å²) in [5, 5.41) is 8.86. The monoisotopic (exact) mass is 287 g/mol. The maximum Gasteiger partial charge on any atom is 0.306 e. The molecule has 1 heterocycles. The van der Waals surface area contributed by atoms with Crippen molar-refractivity contribution in [1.29, 1.82) is 0 Å². The first-order valence-corrected chi connectivity index (χ1v) is 6.47. The summed E-state index contributed by atoms with van der Waals surface area (Å²) in [6, 6.07) is 4.19. The third-order valence-corrected chi connectivity index (χ3v) is 3.63. The Labute approximate surface area is 115 Å². The van der Waals surface area contributed by atoms with E-state index in [-0.39, 0.29) is 5.56 Å². The zero-order valence-corrected chi connectivity index (χ0v) is 10.9. The van der Waals surface area contributed by atoms with Gasteiger partial charge in [0, 0.05) is 5.56 Å². The number of carboxylic acids is 1. The van der Waals surface area contributed by atoms with Crippen LogP contribution in [0.3, 0.4) is 0 Å². The predicted octanol–water partition coefficient (Wildman–Crippen LogP) is 2.71. The van der Waals surface area contributed by atoms with E-state index in [0.29, 0.717) is 25.9 Å². The fourth-order valence-electron chi connectivity index (χ4n) is 2.40. The summed E-state index contributed by atoms with van der Waals surface area (Å²) in [6.45, 7) is 0.215. The van der Waals surface area contributed by atoms with E-state index in [0.717, 1.165) is 24.3 Å². The zero-order chi connectivity index (χ0) is 14.8. The molecule has 0 aromatic heterocycles. The van der Waals surface area contributed by atoms with Gasteiger partial charge in [-0.25, -0.2) is 4.39 Å². The van der Waals surface area contributed by atoms with Gasteiger partial charge in [-0.2, -0.15) is 8.78 Å². The summed E-state index contributed by atoms with van der Waals surface area (Å²) in [6.07, 6.45) is 0.768. The van der Waals surface area contributed by atoms with Crippen molar-refractivity contribution in [3.8, 4) is 0 Å². The van der Waals surface area contributed by atoms with Crippen LogP contribution < -0.4 is 0 Å². The molecule has 0 spiro atoms. The first kappa shape index (κ1) is 14.8. The topological polar surface area (TPSA) is 40.5 Å². The molecular formula is C14H16F3NO2. The van der Waals surface area contributed by atoms with E-state index < -0.39 is 30.2 Å². The van der Waals surface area contributed by atoms with Gasteiger partial charge in [-0.1, -0.05) is 12.1 Å². The van der Waals surface area contributed by atoms with Gasteiger partial charge in [-0.3, -0.25) is 9.69 Å².